The second-order valence-electron chi connectivity index (χ2n) is 7.34. The van der Waals surface area contributed by atoms with Gasteiger partial charge in [0.1, 0.15) is 18.1 Å². The van der Waals surface area contributed by atoms with Gasteiger partial charge in [-0.3, -0.25) is 19.2 Å². The maximum atomic E-state index is 12.3. The van der Waals surface area contributed by atoms with Gasteiger partial charge in [-0.05, 0) is 37.3 Å². The molecular weight excluding hydrogens is 492 g/mol. The molecular formula is C23H22N4O8S. The molecule has 36 heavy (non-hydrogen) atoms. The van der Waals surface area contributed by atoms with Crippen LogP contribution in [0.15, 0.2) is 70.2 Å². The predicted molar refractivity (Wildman–Crippen MR) is 131 cm³/mol. The Labute approximate surface area is 206 Å². The normalized spacial score (nSPS) is 11.3. The molecule has 1 aromatic heterocycles. The number of sulfonamides is 1. The molecule has 0 unspecified atom stereocenters. The molecule has 0 spiro atoms. The Hall–Kier alpha value is -4.52. The number of nitrogens with one attached hydrogen (secondary N) is 1. The van der Waals surface area contributed by atoms with Crippen LogP contribution in [0.4, 0.5) is 11.4 Å². The van der Waals surface area contributed by atoms with Crippen LogP contribution < -0.4 is 9.73 Å². The highest BCUT2D eigenvalue weighted by molar-refractivity contribution is 7.92. The highest BCUT2D eigenvalue weighted by Gasteiger charge is 2.22. The predicted octanol–water partition coefficient (Wildman–Crippen LogP) is 2.95. The molecule has 2 aromatic carbocycles. The van der Waals surface area contributed by atoms with Gasteiger partial charge in [-0.15, -0.1) is 0 Å². The Balaban J connectivity index is 1.64. The molecule has 0 radical (unpaired) electrons. The van der Waals surface area contributed by atoms with E-state index in [-0.39, 0.29) is 18.0 Å². The number of rotatable bonds is 10. The van der Waals surface area contributed by atoms with Crippen molar-refractivity contribution >= 4 is 39.5 Å². The Morgan fingerprint density at radius 1 is 1.17 bits per heavy atom. The van der Waals surface area contributed by atoms with Crippen molar-refractivity contribution in [2.24, 2.45) is 5.10 Å². The summed E-state index contributed by atoms with van der Waals surface area (Å²) >= 11 is 0. The molecule has 1 N–H and O–H groups in total. The molecule has 13 heteroatoms. The number of hydrazone groups is 1. The average Bonchev–Trinajstić information content (AvgIpc) is 3.31. The van der Waals surface area contributed by atoms with E-state index in [9.17, 15) is 28.1 Å². The number of amides is 1. The van der Waals surface area contributed by atoms with Crippen molar-refractivity contribution in [1.29, 1.82) is 0 Å². The number of anilines is 1. The van der Waals surface area contributed by atoms with E-state index in [2.05, 4.69) is 10.5 Å². The Morgan fingerprint density at radius 2 is 1.89 bits per heavy atom. The first-order chi connectivity index (χ1) is 17.1. The lowest BCUT2D eigenvalue weighted by molar-refractivity contribution is -0.384. The van der Waals surface area contributed by atoms with Crippen LogP contribution >= 0.6 is 0 Å². The van der Waals surface area contributed by atoms with E-state index < -0.39 is 33.4 Å². The van der Waals surface area contributed by atoms with Gasteiger partial charge in [-0.25, -0.2) is 18.6 Å². The fraction of sp³-hybridized carbons (Fsp3) is 0.174. The summed E-state index contributed by atoms with van der Waals surface area (Å²) in [5.41, 5.74) is 2.96. The van der Waals surface area contributed by atoms with E-state index in [1.54, 1.807) is 43.3 Å². The summed E-state index contributed by atoms with van der Waals surface area (Å²) in [5, 5.41) is 14.8. The first-order valence-corrected chi connectivity index (χ1v) is 12.3. The molecule has 3 aromatic rings. The lowest BCUT2D eigenvalue weighted by Gasteiger charge is -2.21. The molecule has 1 heterocycles. The van der Waals surface area contributed by atoms with Gasteiger partial charge in [0.2, 0.25) is 10.0 Å². The second kappa shape index (κ2) is 11.3. The molecule has 188 valence electrons. The number of benzene rings is 2. The SMILES string of the molecule is CCOC(=O)c1ccc(-c2ccc(/C=N\NC(=O)CN(c3cccc([N+](=O)[O-])c3)S(C)(=O)=O)o2)cc1. The van der Waals surface area contributed by atoms with Crippen molar-refractivity contribution in [3.8, 4) is 11.3 Å². The smallest absolute Gasteiger partial charge is 0.338 e. The van der Waals surface area contributed by atoms with Crippen LogP contribution in [0.25, 0.3) is 11.3 Å². The van der Waals surface area contributed by atoms with Gasteiger partial charge in [0.25, 0.3) is 11.6 Å². The second-order valence-corrected chi connectivity index (χ2v) is 9.25. The highest BCUT2D eigenvalue weighted by Crippen LogP contribution is 2.24. The fourth-order valence-electron chi connectivity index (χ4n) is 3.06. The number of esters is 1. The van der Waals surface area contributed by atoms with Gasteiger partial charge < -0.3 is 9.15 Å². The molecule has 0 fully saturated rings. The van der Waals surface area contributed by atoms with Crippen molar-refractivity contribution in [3.05, 3.63) is 82.1 Å². The van der Waals surface area contributed by atoms with E-state index in [1.165, 1.54) is 24.4 Å². The summed E-state index contributed by atoms with van der Waals surface area (Å²) in [7, 11) is -3.92. The van der Waals surface area contributed by atoms with E-state index in [1.807, 2.05) is 0 Å². The molecule has 0 aliphatic heterocycles. The van der Waals surface area contributed by atoms with Gasteiger partial charge in [-0.1, -0.05) is 18.2 Å². The maximum Gasteiger partial charge on any atom is 0.338 e. The molecule has 0 bridgehead atoms. The summed E-state index contributed by atoms with van der Waals surface area (Å²) in [6.45, 7) is 1.35. The molecule has 12 nitrogen and oxygen atoms in total. The van der Waals surface area contributed by atoms with Crippen molar-refractivity contribution in [2.75, 3.05) is 23.7 Å². The van der Waals surface area contributed by atoms with Crippen LogP contribution in [0.5, 0.6) is 0 Å². The zero-order chi connectivity index (χ0) is 26.3. The summed E-state index contributed by atoms with van der Waals surface area (Å²) in [6, 6.07) is 14.8. The minimum absolute atomic E-state index is 0.0320. The fourth-order valence-corrected chi connectivity index (χ4v) is 3.91. The molecule has 1 amide bonds. The third kappa shape index (κ3) is 6.76. The molecule has 0 atom stereocenters. The van der Waals surface area contributed by atoms with Gasteiger partial charge in [0.15, 0.2) is 0 Å². The van der Waals surface area contributed by atoms with E-state index in [0.717, 1.165) is 16.6 Å². The number of carbonyl (C=O) groups is 2. The van der Waals surface area contributed by atoms with E-state index >= 15 is 0 Å². The Kier molecular flexibility index (Phi) is 8.17. The zero-order valence-electron chi connectivity index (χ0n) is 19.3. The molecule has 0 aliphatic rings. The van der Waals surface area contributed by atoms with Gasteiger partial charge in [-0.2, -0.15) is 5.10 Å². The minimum Gasteiger partial charge on any atom is -0.462 e. The first-order valence-electron chi connectivity index (χ1n) is 10.5. The highest BCUT2D eigenvalue weighted by atomic mass is 32.2. The van der Waals surface area contributed by atoms with Gasteiger partial charge in [0.05, 0.1) is 35.3 Å². The molecule has 0 saturated heterocycles. The van der Waals surface area contributed by atoms with Crippen molar-refractivity contribution in [2.45, 2.75) is 6.92 Å². The quantitative estimate of drug-likeness (QED) is 0.187. The third-order valence-corrected chi connectivity index (χ3v) is 5.85. The standard InChI is InChI=1S/C23H22N4O8S/c1-3-34-23(29)17-9-7-16(8-10-17)21-12-11-20(35-21)14-24-25-22(28)15-26(36(2,32)33)18-5-4-6-19(13-18)27(30)31/h4-14H,3,15H2,1-2H3,(H,25,28)/b24-14-. The lowest BCUT2D eigenvalue weighted by atomic mass is 10.1. The number of ether oxygens (including phenoxy) is 1. The Bertz CT molecular complexity index is 1400. The van der Waals surface area contributed by atoms with E-state index in [0.29, 0.717) is 22.6 Å². The monoisotopic (exact) mass is 514 g/mol. The molecule has 3 rings (SSSR count). The van der Waals surface area contributed by atoms with Gasteiger partial charge >= 0.3 is 5.97 Å². The van der Waals surface area contributed by atoms with Crippen LogP contribution in [0.3, 0.4) is 0 Å². The third-order valence-electron chi connectivity index (χ3n) is 4.70. The summed E-state index contributed by atoms with van der Waals surface area (Å²) in [5.74, 6) is -0.401. The van der Waals surface area contributed by atoms with Crippen molar-refractivity contribution < 1.29 is 32.1 Å². The average molecular weight is 515 g/mol. The van der Waals surface area contributed by atoms with Crippen LogP contribution in [0, 0.1) is 10.1 Å². The van der Waals surface area contributed by atoms with Crippen LogP contribution in [-0.4, -0.2) is 50.8 Å². The number of nitro benzene ring substituents is 1. The van der Waals surface area contributed by atoms with Crippen LogP contribution in [-0.2, 0) is 19.6 Å². The lowest BCUT2D eigenvalue weighted by Crippen LogP contribution is -2.39. The van der Waals surface area contributed by atoms with E-state index in [4.69, 9.17) is 9.15 Å². The number of non-ortho nitro benzene ring substituents is 1. The topological polar surface area (TPSA) is 161 Å². The largest absolute Gasteiger partial charge is 0.462 e. The summed E-state index contributed by atoms with van der Waals surface area (Å²) in [6.07, 6.45) is 2.11. The first kappa shape index (κ1) is 26.1. The maximum absolute atomic E-state index is 12.3. The summed E-state index contributed by atoms with van der Waals surface area (Å²) in [4.78, 5) is 34.4. The number of hydrogen-bond donors (Lipinski definition) is 1. The number of hydrogen-bond acceptors (Lipinski definition) is 9. The van der Waals surface area contributed by atoms with Gasteiger partial charge in [0, 0.05) is 17.7 Å². The van der Waals surface area contributed by atoms with Crippen molar-refractivity contribution in [3.63, 3.8) is 0 Å². The Morgan fingerprint density at radius 3 is 2.53 bits per heavy atom. The van der Waals surface area contributed by atoms with Crippen LogP contribution in [0.1, 0.15) is 23.0 Å². The van der Waals surface area contributed by atoms with Crippen molar-refractivity contribution in [1.82, 2.24) is 5.43 Å². The zero-order valence-corrected chi connectivity index (χ0v) is 20.1. The van der Waals surface area contributed by atoms with Crippen LogP contribution in [0.2, 0.25) is 0 Å². The minimum atomic E-state index is -3.92. The number of carbonyl (C=O) groups excluding carboxylic acids is 2. The summed E-state index contributed by atoms with van der Waals surface area (Å²) < 4.78 is 35.7. The number of furan rings is 1. The molecule has 0 saturated carbocycles. The molecule has 0 aliphatic carbocycles. The number of nitrogens with zero attached hydrogens (tertiary/aromatic N) is 3. The number of nitro groups is 1.